The third-order valence-corrected chi connectivity index (χ3v) is 2.65. The topological polar surface area (TPSA) is 47.0 Å². The van der Waals surface area contributed by atoms with Gasteiger partial charge in [0.2, 0.25) is 0 Å². The molecule has 0 aliphatic heterocycles. The maximum absolute atomic E-state index is 12.2. The summed E-state index contributed by atoms with van der Waals surface area (Å²) >= 11 is 0. The van der Waals surface area contributed by atoms with Crippen molar-refractivity contribution in [1.29, 1.82) is 0 Å². The molecule has 0 fully saturated rings. The van der Waals surface area contributed by atoms with Crippen molar-refractivity contribution >= 4 is 0 Å². The fourth-order valence-electron chi connectivity index (χ4n) is 1.89. The second kappa shape index (κ2) is 5.87. The van der Waals surface area contributed by atoms with Gasteiger partial charge in [-0.25, -0.2) is 0 Å². The van der Waals surface area contributed by atoms with E-state index in [0.717, 1.165) is 5.56 Å². The number of benzene rings is 1. The Morgan fingerprint density at radius 2 is 1.95 bits per heavy atom. The monoisotopic (exact) mass is 283 g/mol. The molecule has 106 valence electrons. The maximum atomic E-state index is 12.2. The van der Waals surface area contributed by atoms with Gasteiger partial charge in [-0.1, -0.05) is 12.1 Å². The zero-order valence-corrected chi connectivity index (χ0v) is 10.6. The molecule has 0 aliphatic rings. The Morgan fingerprint density at radius 1 is 1.15 bits per heavy atom. The van der Waals surface area contributed by atoms with Crippen LogP contribution in [0, 0.1) is 0 Å². The number of hydrogen-bond acceptors (Lipinski definition) is 4. The lowest BCUT2D eigenvalue weighted by Crippen LogP contribution is -2.19. The molecule has 0 spiro atoms. The number of aromatic nitrogens is 2. The number of nitrogens with one attached hydrogen (secondary N) is 1. The van der Waals surface area contributed by atoms with Crippen LogP contribution in [0.5, 0.6) is 5.75 Å². The van der Waals surface area contributed by atoms with Gasteiger partial charge in [-0.3, -0.25) is 0 Å². The van der Waals surface area contributed by atoms with Gasteiger partial charge in [-0.2, -0.15) is 10.2 Å². The summed E-state index contributed by atoms with van der Waals surface area (Å²) in [6, 6.07) is 7.28. The molecule has 1 aromatic carbocycles. The van der Waals surface area contributed by atoms with E-state index in [2.05, 4.69) is 20.3 Å². The smallest absolute Gasteiger partial charge is 0.406 e. The van der Waals surface area contributed by atoms with E-state index < -0.39 is 6.36 Å². The second-order valence-electron chi connectivity index (χ2n) is 4.02. The molecule has 4 nitrogen and oxygen atoms in total. The van der Waals surface area contributed by atoms with Crippen molar-refractivity contribution in [3.05, 3.63) is 53.9 Å². The third-order valence-electron chi connectivity index (χ3n) is 2.65. The fraction of sp³-hybridized carbons (Fsp3) is 0.231. The lowest BCUT2D eigenvalue weighted by molar-refractivity contribution is -0.274. The Kier molecular flexibility index (Phi) is 4.19. The molecule has 1 heterocycles. The number of ether oxygens (including phenoxy) is 1. The highest BCUT2D eigenvalue weighted by atomic mass is 19.4. The largest absolute Gasteiger partial charge is 0.573 e. The van der Waals surface area contributed by atoms with Crippen LogP contribution in [-0.2, 0) is 0 Å². The molecule has 0 saturated carbocycles. The molecule has 20 heavy (non-hydrogen) atoms. The summed E-state index contributed by atoms with van der Waals surface area (Å²) in [4.78, 5) is 0. The zero-order valence-electron chi connectivity index (χ0n) is 10.6. The predicted octanol–water partition coefficient (Wildman–Crippen LogP) is 2.68. The van der Waals surface area contributed by atoms with Crippen LogP contribution in [-0.4, -0.2) is 23.6 Å². The Hall–Kier alpha value is -2.15. The highest BCUT2D eigenvalue weighted by Crippen LogP contribution is 2.27. The van der Waals surface area contributed by atoms with E-state index in [-0.39, 0.29) is 11.8 Å². The van der Waals surface area contributed by atoms with Crippen molar-refractivity contribution in [1.82, 2.24) is 15.5 Å². The molecule has 0 saturated heterocycles. The van der Waals surface area contributed by atoms with E-state index in [0.29, 0.717) is 5.56 Å². The Bertz CT molecular complexity index is 560. The number of hydrogen-bond donors (Lipinski definition) is 1. The normalized spacial score (nSPS) is 13.0. The summed E-state index contributed by atoms with van der Waals surface area (Å²) in [6.07, 6.45) is -1.62. The molecule has 1 aromatic heterocycles. The Morgan fingerprint density at radius 3 is 2.55 bits per heavy atom. The molecule has 1 atom stereocenters. The first-order valence-electron chi connectivity index (χ1n) is 5.79. The van der Waals surface area contributed by atoms with Gasteiger partial charge in [0.15, 0.2) is 0 Å². The Balaban J connectivity index is 2.29. The molecule has 2 rings (SSSR count). The van der Waals surface area contributed by atoms with Gasteiger partial charge in [0.05, 0.1) is 12.2 Å². The van der Waals surface area contributed by atoms with Crippen LogP contribution in [0.3, 0.4) is 0 Å². The lowest BCUT2D eigenvalue weighted by atomic mass is 10.0. The van der Waals surface area contributed by atoms with Crippen molar-refractivity contribution in [2.24, 2.45) is 0 Å². The summed E-state index contributed by atoms with van der Waals surface area (Å²) in [5, 5.41) is 10.5. The number of rotatable bonds is 4. The fourth-order valence-corrected chi connectivity index (χ4v) is 1.89. The van der Waals surface area contributed by atoms with E-state index in [9.17, 15) is 13.2 Å². The molecule has 1 N–H and O–H groups in total. The SMILES string of the molecule is CNC(c1ccnnc1)c1cccc(OC(F)(F)F)c1. The minimum atomic E-state index is -4.70. The van der Waals surface area contributed by atoms with Crippen molar-refractivity contribution in [3.63, 3.8) is 0 Å². The minimum absolute atomic E-state index is 0.253. The summed E-state index contributed by atoms with van der Waals surface area (Å²) in [6.45, 7) is 0. The Labute approximate surface area is 113 Å². The summed E-state index contributed by atoms with van der Waals surface area (Å²) in [7, 11) is 1.71. The van der Waals surface area contributed by atoms with E-state index >= 15 is 0 Å². The molecule has 0 amide bonds. The van der Waals surface area contributed by atoms with Crippen LogP contribution in [0.25, 0.3) is 0 Å². The maximum Gasteiger partial charge on any atom is 0.573 e. The number of alkyl halides is 3. The van der Waals surface area contributed by atoms with Crippen molar-refractivity contribution < 1.29 is 17.9 Å². The van der Waals surface area contributed by atoms with Gasteiger partial charge in [-0.05, 0) is 36.4 Å². The van der Waals surface area contributed by atoms with Gasteiger partial charge in [0.25, 0.3) is 0 Å². The predicted molar refractivity (Wildman–Crippen MR) is 66.1 cm³/mol. The highest BCUT2D eigenvalue weighted by molar-refractivity contribution is 5.35. The van der Waals surface area contributed by atoms with E-state index in [1.807, 2.05) is 0 Å². The van der Waals surface area contributed by atoms with E-state index in [1.54, 1.807) is 25.4 Å². The molecule has 2 aromatic rings. The first-order valence-corrected chi connectivity index (χ1v) is 5.79. The average Bonchev–Trinajstić information content (AvgIpc) is 2.39. The molecular weight excluding hydrogens is 271 g/mol. The molecule has 1 unspecified atom stereocenters. The number of nitrogens with zero attached hydrogens (tertiary/aromatic N) is 2. The molecule has 0 aliphatic carbocycles. The molecule has 0 bridgehead atoms. The standard InChI is InChI=1S/C13H12F3N3O/c1-17-12(10-5-6-18-19-8-10)9-3-2-4-11(7-9)20-13(14,15)16/h2-8,12,17H,1H3. The van der Waals surface area contributed by atoms with Crippen LogP contribution < -0.4 is 10.1 Å². The molecule has 7 heteroatoms. The molecular formula is C13H12F3N3O. The zero-order chi connectivity index (χ0) is 14.6. The van der Waals surface area contributed by atoms with Crippen LogP contribution in [0.4, 0.5) is 13.2 Å². The van der Waals surface area contributed by atoms with Gasteiger partial charge in [0.1, 0.15) is 5.75 Å². The van der Waals surface area contributed by atoms with Crippen LogP contribution >= 0.6 is 0 Å². The van der Waals surface area contributed by atoms with Gasteiger partial charge < -0.3 is 10.1 Å². The lowest BCUT2D eigenvalue weighted by Gasteiger charge is -2.17. The average molecular weight is 283 g/mol. The first kappa shape index (κ1) is 14.3. The third kappa shape index (κ3) is 3.67. The highest BCUT2D eigenvalue weighted by Gasteiger charge is 2.31. The van der Waals surface area contributed by atoms with Gasteiger partial charge in [-0.15, -0.1) is 13.2 Å². The van der Waals surface area contributed by atoms with Crippen molar-refractivity contribution in [2.45, 2.75) is 12.4 Å². The van der Waals surface area contributed by atoms with E-state index in [1.165, 1.54) is 24.4 Å². The second-order valence-corrected chi connectivity index (χ2v) is 4.02. The van der Waals surface area contributed by atoms with Crippen molar-refractivity contribution in [3.8, 4) is 5.75 Å². The number of halogens is 3. The van der Waals surface area contributed by atoms with Crippen LogP contribution in [0.1, 0.15) is 17.2 Å². The quantitative estimate of drug-likeness (QED) is 0.937. The van der Waals surface area contributed by atoms with Gasteiger partial charge >= 0.3 is 6.36 Å². The summed E-state index contributed by atoms with van der Waals surface area (Å²) in [5.41, 5.74) is 1.44. The summed E-state index contributed by atoms with van der Waals surface area (Å²) < 4.78 is 40.6. The first-order chi connectivity index (χ1) is 9.49. The van der Waals surface area contributed by atoms with E-state index in [4.69, 9.17) is 0 Å². The van der Waals surface area contributed by atoms with Crippen molar-refractivity contribution in [2.75, 3.05) is 7.05 Å². The summed E-state index contributed by atoms with van der Waals surface area (Å²) in [5.74, 6) is -0.253. The van der Waals surface area contributed by atoms with Crippen LogP contribution in [0.2, 0.25) is 0 Å². The van der Waals surface area contributed by atoms with Gasteiger partial charge in [0, 0.05) is 6.20 Å². The molecule has 0 radical (unpaired) electrons. The van der Waals surface area contributed by atoms with Crippen LogP contribution in [0.15, 0.2) is 42.7 Å². The minimum Gasteiger partial charge on any atom is -0.406 e.